The second-order valence-corrected chi connectivity index (χ2v) is 13.5. The minimum atomic E-state index is -0.837. The van der Waals surface area contributed by atoms with E-state index in [1.54, 1.807) is 18.1 Å². The van der Waals surface area contributed by atoms with Crippen LogP contribution in [0.2, 0.25) is 10.0 Å². The van der Waals surface area contributed by atoms with Gasteiger partial charge < -0.3 is 19.7 Å². The molecule has 1 fully saturated rings. The van der Waals surface area contributed by atoms with Crippen LogP contribution in [0.3, 0.4) is 0 Å². The number of anilines is 2. The molecule has 3 aromatic carbocycles. The highest BCUT2D eigenvalue weighted by Crippen LogP contribution is 2.63. The van der Waals surface area contributed by atoms with Crippen LogP contribution in [0.4, 0.5) is 16.2 Å². The Morgan fingerprint density at radius 2 is 1.85 bits per heavy atom. The summed E-state index contributed by atoms with van der Waals surface area (Å²) in [6, 6.07) is 17.1. The number of methoxy groups -OCH3 is 1. The van der Waals surface area contributed by atoms with Crippen molar-refractivity contribution < 1.29 is 19.1 Å². The van der Waals surface area contributed by atoms with Crippen LogP contribution >= 0.6 is 39.1 Å². The molecule has 0 radical (unpaired) electrons. The van der Waals surface area contributed by atoms with Crippen molar-refractivity contribution in [2.45, 2.75) is 56.8 Å². The third-order valence-corrected chi connectivity index (χ3v) is 9.10. The number of fused-ring (bicyclic) bond motifs is 3. The first-order valence-electron chi connectivity index (χ1n) is 13.4. The Morgan fingerprint density at radius 1 is 1.12 bits per heavy atom. The largest absolute Gasteiger partial charge is 0.497 e. The quantitative estimate of drug-likeness (QED) is 0.317. The Labute approximate surface area is 257 Å². The van der Waals surface area contributed by atoms with Crippen LogP contribution in [0.15, 0.2) is 59.1 Å². The number of piperidine rings is 1. The molecule has 1 N–H and O–H groups in total. The molecule has 41 heavy (non-hydrogen) atoms. The predicted molar refractivity (Wildman–Crippen MR) is 164 cm³/mol. The van der Waals surface area contributed by atoms with Crippen molar-refractivity contribution in [1.29, 1.82) is 0 Å². The first-order chi connectivity index (χ1) is 19.4. The highest BCUT2D eigenvalue weighted by Gasteiger charge is 2.66. The standard InChI is InChI=1S/C31H30BrCl2N3O4/c1-30(2,3)41-29(39)37-24-13-18(32)7-10-21(24)25-27(38)35-12-11-31(25)22-14-19(33)15-23(34)26(22)36(28(31)37)16-17-5-8-20(40-4)9-6-17/h5-10,13-15,25,28H,11-12,16H2,1-4H3,(H,35,38)/t25-,28+,31-/m1/s1. The van der Waals surface area contributed by atoms with E-state index in [1.165, 1.54) is 0 Å². The molecule has 0 saturated carbocycles. The van der Waals surface area contributed by atoms with E-state index in [0.717, 1.165) is 32.6 Å². The minimum absolute atomic E-state index is 0.0954. The molecule has 0 unspecified atom stereocenters. The van der Waals surface area contributed by atoms with Gasteiger partial charge >= 0.3 is 6.09 Å². The van der Waals surface area contributed by atoms with Crippen LogP contribution in [0.1, 0.15) is 49.8 Å². The Hall–Kier alpha value is -2.94. The van der Waals surface area contributed by atoms with Crippen molar-refractivity contribution in [2.75, 3.05) is 23.5 Å². The summed E-state index contributed by atoms with van der Waals surface area (Å²) in [5, 5.41) is 4.02. The topological polar surface area (TPSA) is 71.1 Å². The first kappa shape index (κ1) is 28.2. The van der Waals surface area contributed by atoms with Gasteiger partial charge in [0.1, 0.15) is 17.5 Å². The van der Waals surface area contributed by atoms with Crippen molar-refractivity contribution in [3.05, 3.63) is 85.8 Å². The summed E-state index contributed by atoms with van der Waals surface area (Å²) in [4.78, 5) is 32.0. The zero-order chi connectivity index (χ0) is 29.3. The van der Waals surface area contributed by atoms with E-state index in [-0.39, 0.29) is 5.91 Å². The maximum atomic E-state index is 14.3. The van der Waals surface area contributed by atoms with Crippen molar-refractivity contribution in [3.63, 3.8) is 0 Å². The second-order valence-electron chi connectivity index (χ2n) is 11.7. The smallest absolute Gasteiger partial charge is 0.416 e. The van der Waals surface area contributed by atoms with E-state index in [4.69, 9.17) is 32.7 Å². The van der Waals surface area contributed by atoms with Gasteiger partial charge in [-0.25, -0.2) is 4.79 Å². The second kappa shape index (κ2) is 10.1. The van der Waals surface area contributed by atoms with Crippen LogP contribution in [-0.2, 0) is 21.5 Å². The first-order valence-corrected chi connectivity index (χ1v) is 15.0. The number of carbonyl (C=O) groups is 2. The summed E-state index contributed by atoms with van der Waals surface area (Å²) < 4.78 is 12.2. The molecular formula is C31H30BrCl2N3O4. The lowest BCUT2D eigenvalue weighted by atomic mass is 9.60. The number of rotatable bonds is 3. The lowest BCUT2D eigenvalue weighted by molar-refractivity contribution is -0.126. The summed E-state index contributed by atoms with van der Waals surface area (Å²) in [6.07, 6.45) is -0.547. The molecular weight excluding hydrogens is 629 g/mol. The van der Waals surface area contributed by atoms with Gasteiger partial charge in [0, 0.05) is 22.6 Å². The Morgan fingerprint density at radius 3 is 2.54 bits per heavy atom. The molecule has 0 aliphatic carbocycles. The van der Waals surface area contributed by atoms with Gasteiger partial charge in [-0.3, -0.25) is 9.69 Å². The lowest BCUT2D eigenvalue weighted by Crippen LogP contribution is -2.67. The molecule has 1 saturated heterocycles. The van der Waals surface area contributed by atoms with E-state index in [2.05, 4.69) is 26.1 Å². The van der Waals surface area contributed by atoms with Crippen LogP contribution in [0, 0.1) is 0 Å². The van der Waals surface area contributed by atoms with Gasteiger partial charge in [-0.1, -0.05) is 57.3 Å². The molecule has 6 rings (SSSR count). The molecule has 3 aliphatic rings. The molecule has 0 bridgehead atoms. The van der Waals surface area contributed by atoms with E-state index in [9.17, 15) is 9.59 Å². The third kappa shape index (κ3) is 4.55. The van der Waals surface area contributed by atoms with E-state index in [0.29, 0.717) is 35.2 Å². The molecule has 7 nitrogen and oxygen atoms in total. The van der Waals surface area contributed by atoms with Gasteiger partial charge in [0.2, 0.25) is 5.91 Å². The van der Waals surface area contributed by atoms with Crippen LogP contribution < -0.4 is 19.9 Å². The normalized spacial score (nSPS) is 22.8. The van der Waals surface area contributed by atoms with Gasteiger partial charge in [-0.2, -0.15) is 0 Å². The fourth-order valence-electron chi connectivity index (χ4n) is 6.69. The van der Waals surface area contributed by atoms with E-state index < -0.39 is 29.2 Å². The van der Waals surface area contributed by atoms with E-state index >= 15 is 0 Å². The summed E-state index contributed by atoms with van der Waals surface area (Å²) in [6.45, 7) is 6.40. The Balaban J connectivity index is 1.65. The van der Waals surface area contributed by atoms with Crippen LogP contribution in [0.25, 0.3) is 0 Å². The summed E-state index contributed by atoms with van der Waals surface area (Å²) in [5.74, 6) is 0.0619. The van der Waals surface area contributed by atoms with Gasteiger partial charge in [0.05, 0.1) is 34.8 Å². The number of halogens is 3. The number of amides is 2. The van der Waals surface area contributed by atoms with Crippen LogP contribution in [-0.4, -0.2) is 37.4 Å². The number of ether oxygens (including phenoxy) is 2. The lowest BCUT2D eigenvalue weighted by Gasteiger charge is -2.54. The molecule has 3 atom stereocenters. The highest BCUT2D eigenvalue weighted by molar-refractivity contribution is 9.10. The average molecular weight is 659 g/mol. The summed E-state index contributed by atoms with van der Waals surface area (Å²) >= 11 is 17.2. The third-order valence-electron chi connectivity index (χ3n) is 8.10. The van der Waals surface area contributed by atoms with Gasteiger partial charge in [0.15, 0.2) is 0 Å². The molecule has 1 spiro atoms. The monoisotopic (exact) mass is 657 g/mol. The molecule has 214 valence electrons. The van der Waals surface area contributed by atoms with Gasteiger partial charge in [-0.05, 0) is 80.3 Å². The minimum Gasteiger partial charge on any atom is -0.497 e. The zero-order valence-corrected chi connectivity index (χ0v) is 26.2. The molecule has 3 aromatic rings. The van der Waals surface area contributed by atoms with Crippen molar-refractivity contribution in [1.82, 2.24) is 5.32 Å². The van der Waals surface area contributed by atoms with Gasteiger partial charge in [0.25, 0.3) is 0 Å². The van der Waals surface area contributed by atoms with Crippen molar-refractivity contribution >= 4 is 62.5 Å². The molecule has 3 heterocycles. The predicted octanol–water partition coefficient (Wildman–Crippen LogP) is 7.41. The number of carbonyl (C=O) groups excluding carboxylic acids is 2. The summed E-state index contributed by atoms with van der Waals surface area (Å²) in [5.41, 5.74) is 2.39. The fourth-order valence-corrected chi connectivity index (χ4v) is 7.64. The number of nitrogens with one attached hydrogen (secondary N) is 1. The molecule has 0 aromatic heterocycles. The van der Waals surface area contributed by atoms with Crippen LogP contribution in [0.5, 0.6) is 5.75 Å². The SMILES string of the molecule is COc1ccc(CN2c3c(Cl)cc(Cl)cc3[C@]34CCNC(=O)[C@H]3c3ccc(Br)cc3N(C(=O)OC(C)(C)C)[C@H]24)cc1. The highest BCUT2D eigenvalue weighted by atomic mass is 79.9. The number of nitrogens with zero attached hydrogens (tertiary/aromatic N) is 2. The number of hydrogen-bond acceptors (Lipinski definition) is 5. The zero-order valence-electron chi connectivity index (χ0n) is 23.1. The van der Waals surface area contributed by atoms with E-state index in [1.807, 2.05) is 69.3 Å². The molecule has 3 aliphatic heterocycles. The molecule has 10 heteroatoms. The fraction of sp³-hybridized carbons (Fsp3) is 0.355. The summed E-state index contributed by atoms with van der Waals surface area (Å²) in [7, 11) is 1.63. The van der Waals surface area contributed by atoms with Crippen molar-refractivity contribution in [3.8, 4) is 5.75 Å². The Bertz CT molecular complexity index is 1560. The molecule has 2 amide bonds. The number of benzene rings is 3. The number of hydrogen-bond donors (Lipinski definition) is 1. The average Bonchev–Trinajstić information content (AvgIpc) is 3.15. The van der Waals surface area contributed by atoms with Gasteiger partial charge in [-0.15, -0.1) is 0 Å². The maximum Gasteiger partial charge on any atom is 0.416 e. The Kier molecular flexibility index (Phi) is 6.95. The maximum absolute atomic E-state index is 14.3. The van der Waals surface area contributed by atoms with Crippen molar-refractivity contribution in [2.24, 2.45) is 0 Å².